The standard InChI is InChI=1S/C18H18FN3O2/c1-12(14-4-2-13(10-20)3-5-14)22-18(24)21-11-17(23)15-6-8-16(19)9-7-15/h2-9,12,17,23H,11H2,1H3,(H2,21,22,24). The van der Waals surface area contributed by atoms with Gasteiger partial charge in [-0.2, -0.15) is 5.26 Å². The molecule has 2 unspecified atom stereocenters. The van der Waals surface area contributed by atoms with E-state index in [0.29, 0.717) is 11.1 Å². The Morgan fingerprint density at radius 2 is 1.75 bits per heavy atom. The second-order valence-corrected chi connectivity index (χ2v) is 5.38. The van der Waals surface area contributed by atoms with E-state index in [0.717, 1.165) is 5.56 Å². The van der Waals surface area contributed by atoms with Crippen LogP contribution < -0.4 is 10.6 Å². The molecule has 0 heterocycles. The number of nitriles is 1. The Kier molecular flexibility index (Phi) is 5.88. The third kappa shape index (κ3) is 4.80. The Balaban J connectivity index is 1.83. The highest BCUT2D eigenvalue weighted by Crippen LogP contribution is 2.14. The summed E-state index contributed by atoms with van der Waals surface area (Å²) < 4.78 is 12.8. The zero-order chi connectivity index (χ0) is 17.5. The van der Waals surface area contributed by atoms with Crippen molar-refractivity contribution in [3.05, 3.63) is 71.0 Å². The van der Waals surface area contributed by atoms with E-state index in [4.69, 9.17) is 5.26 Å². The molecule has 0 aliphatic rings. The number of aliphatic hydroxyl groups excluding tert-OH is 1. The molecule has 124 valence electrons. The van der Waals surface area contributed by atoms with Gasteiger partial charge in [0, 0.05) is 6.54 Å². The summed E-state index contributed by atoms with van der Waals surface area (Å²) in [5.74, 6) is -0.382. The SMILES string of the molecule is CC(NC(=O)NCC(O)c1ccc(F)cc1)c1ccc(C#N)cc1. The summed E-state index contributed by atoms with van der Waals surface area (Å²) in [4.78, 5) is 11.9. The van der Waals surface area contributed by atoms with Crippen LogP contribution in [0.4, 0.5) is 9.18 Å². The first kappa shape index (κ1) is 17.4. The molecular formula is C18H18FN3O2. The lowest BCUT2D eigenvalue weighted by molar-refractivity contribution is 0.172. The number of hydrogen-bond donors (Lipinski definition) is 3. The van der Waals surface area contributed by atoms with Gasteiger partial charge >= 0.3 is 6.03 Å². The molecule has 0 spiro atoms. The van der Waals surface area contributed by atoms with Crippen LogP contribution in [0.5, 0.6) is 0 Å². The number of urea groups is 1. The van der Waals surface area contributed by atoms with Crippen molar-refractivity contribution >= 4 is 6.03 Å². The molecule has 0 aliphatic heterocycles. The van der Waals surface area contributed by atoms with Crippen LogP contribution in [-0.2, 0) is 0 Å². The molecule has 5 nitrogen and oxygen atoms in total. The second kappa shape index (κ2) is 8.09. The van der Waals surface area contributed by atoms with Gasteiger partial charge < -0.3 is 15.7 Å². The van der Waals surface area contributed by atoms with Gasteiger partial charge in [-0.1, -0.05) is 24.3 Å². The van der Waals surface area contributed by atoms with Crippen molar-refractivity contribution in [2.75, 3.05) is 6.54 Å². The molecule has 0 bridgehead atoms. The molecule has 2 atom stereocenters. The monoisotopic (exact) mass is 327 g/mol. The zero-order valence-corrected chi connectivity index (χ0v) is 13.2. The molecule has 2 aromatic carbocycles. The fourth-order valence-electron chi connectivity index (χ4n) is 2.17. The molecule has 2 aromatic rings. The van der Waals surface area contributed by atoms with Gasteiger partial charge in [0.05, 0.1) is 23.8 Å². The quantitative estimate of drug-likeness (QED) is 0.789. The van der Waals surface area contributed by atoms with Crippen LogP contribution in [0.1, 0.15) is 35.8 Å². The minimum absolute atomic E-state index is 0.0115. The Labute approximate surface area is 139 Å². The van der Waals surface area contributed by atoms with Gasteiger partial charge in [0.15, 0.2) is 0 Å². The first-order valence-corrected chi connectivity index (χ1v) is 7.47. The molecule has 0 aliphatic carbocycles. The van der Waals surface area contributed by atoms with Crippen LogP contribution in [-0.4, -0.2) is 17.7 Å². The molecule has 3 N–H and O–H groups in total. The van der Waals surface area contributed by atoms with Crippen molar-refractivity contribution in [2.45, 2.75) is 19.1 Å². The molecular weight excluding hydrogens is 309 g/mol. The number of amides is 2. The molecule has 2 rings (SSSR count). The summed E-state index contributed by atoms with van der Waals surface area (Å²) in [5.41, 5.74) is 1.94. The Bertz CT molecular complexity index is 723. The summed E-state index contributed by atoms with van der Waals surface area (Å²) in [6, 6.07) is 13.7. The largest absolute Gasteiger partial charge is 0.387 e. The van der Waals surface area contributed by atoms with Gasteiger partial charge in [0.1, 0.15) is 5.82 Å². The van der Waals surface area contributed by atoms with Crippen molar-refractivity contribution in [1.82, 2.24) is 10.6 Å². The summed E-state index contributed by atoms with van der Waals surface area (Å²) >= 11 is 0. The minimum Gasteiger partial charge on any atom is -0.387 e. The molecule has 24 heavy (non-hydrogen) atoms. The molecule has 0 radical (unpaired) electrons. The van der Waals surface area contributed by atoms with Crippen LogP contribution in [0.2, 0.25) is 0 Å². The number of carbonyl (C=O) groups is 1. The van der Waals surface area contributed by atoms with E-state index in [1.54, 1.807) is 24.3 Å². The average molecular weight is 327 g/mol. The van der Waals surface area contributed by atoms with E-state index in [-0.39, 0.29) is 18.4 Å². The fraction of sp³-hybridized carbons (Fsp3) is 0.222. The Hall–Kier alpha value is -2.91. The van der Waals surface area contributed by atoms with E-state index < -0.39 is 12.1 Å². The van der Waals surface area contributed by atoms with Gasteiger partial charge in [0.2, 0.25) is 0 Å². The number of nitrogens with zero attached hydrogens (tertiary/aromatic N) is 1. The van der Waals surface area contributed by atoms with Crippen LogP contribution in [0, 0.1) is 17.1 Å². The van der Waals surface area contributed by atoms with Gasteiger partial charge in [-0.3, -0.25) is 0 Å². The predicted molar refractivity (Wildman–Crippen MR) is 87.5 cm³/mol. The van der Waals surface area contributed by atoms with E-state index in [2.05, 4.69) is 10.6 Å². The first-order valence-electron chi connectivity index (χ1n) is 7.47. The van der Waals surface area contributed by atoms with Gasteiger partial charge in [-0.15, -0.1) is 0 Å². The molecule has 0 fully saturated rings. The van der Waals surface area contributed by atoms with Crippen molar-refractivity contribution in [1.29, 1.82) is 5.26 Å². The van der Waals surface area contributed by atoms with Crippen molar-refractivity contribution in [3.63, 3.8) is 0 Å². The molecule has 2 amide bonds. The number of hydrogen-bond acceptors (Lipinski definition) is 3. The van der Waals surface area contributed by atoms with Gasteiger partial charge in [-0.25, -0.2) is 9.18 Å². The molecule has 0 saturated heterocycles. The fourth-order valence-corrected chi connectivity index (χ4v) is 2.17. The minimum atomic E-state index is -0.915. The van der Waals surface area contributed by atoms with Crippen LogP contribution >= 0.6 is 0 Å². The van der Waals surface area contributed by atoms with Crippen molar-refractivity contribution < 1.29 is 14.3 Å². The maximum absolute atomic E-state index is 12.8. The zero-order valence-electron chi connectivity index (χ0n) is 13.2. The number of rotatable bonds is 5. The van der Waals surface area contributed by atoms with Crippen LogP contribution in [0.3, 0.4) is 0 Å². The first-order chi connectivity index (χ1) is 11.5. The maximum Gasteiger partial charge on any atom is 0.315 e. The highest BCUT2D eigenvalue weighted by atomic mass is 19.1. The van der Waals surface area contributed by atoms with E-state index in [9.17, 15) is 14.3 Å². The second-order valence-electron chi connectivity index (χ2n) is 5.38. The Morgan fingerprint density at radius 3 is 2.33 bits per heavy atom. The lowest BCUT2D eigenvalue weighted by atomic mass is 10.1. The van der Waals surface area contributed by atoms with Gasteiger partial charge in [0.25, 0.3) is 0 Å². The molecule has 6 heteroatoms. The highest BCUT2D eigenvalue weighted by molar-refractivity contribution is 5.74. The van der Waals surface area contributed by atoms with Crippen LogP contribution in [0.15, 0.2) is 48.5 Å². The predicted octanol–water partition coefficient (Wildman–Crippen LogP) is 2.79. The lowest BCUT2D eigenvalue weighted by Gasteiger charge is -2.17. The van der Waals surface area contributed by atoms with Crippen molar-refractivity contribution in [3.8, 4) is 6.07 Å². The number of aliphatic hydroxyl groups is 1. The smallest absolute Gasteiger partial charge is 0.315 e. The average Bonchev–Trinajstić information content (AvgIpc) is 2.60. The van der Waals surface area contributed by atoms with Crippen molar-refractivity contribution in [2.24, 2.45) is 0 Å². The summed E-state index contributed by atoms with van der Waals surface area (Å²) in [6.45, 7) is 1.83. The van der Waals surface area contributed by atoms with E-state index in [1.165, 1.54) is 24.3 Å². The number of nitrogens with one attached hydrogen (secondary N) is 2. The summed E-state index contributed by atoms with van der Waals surface area (Å²) in [6.07, 6.45) is -0.915. The van der Waals surface area contributed by atoms with Crippen LogP contribution in [0.25, 0.3) is 0 Å². The topological polar surface area (TPSA) is 85.2 Å². The number of halogens is 1. The maximum atomic E-state index is 12.8. The third-order valence-corrected chi connectivity index (χ3v) is 3.60. The van der Waals surface area contributed by atoms with E-state index in [1.807, 2.05) is 13.0 Å². The third-order valence-electron chi connectivity index (χ3n) is 3.60. The van der Waals surface area contributed by atoms with Gasteiger partial charge in [-0.05, 0) is 42.3 Å². The summed E-state index contributed by atoms with van der Waals surface area (Å²) in [7, 11) is 0. The number of benzene rings is 2. The molecule has 0 saturated carbocycles. The summed E-state index contributed by atoms with van der Waals surface area (Å²) in [5, 5.41) is 24.1. The highest BCUT2D eigenvalue weighted by Gasteiger charge is 2.12. The normalized spacial score (nSPS) is 12.8. The Morgan fingerprint density at radius 1 is 1.17 bits per heavy atom. The number of carbonyl (C=O) groups excluding carboxylic acids is 1. The lowest BCUT2D eigenvalue weighted by Crippen LogP contribution is -2.39. The molecule has 0 aromatic heterocycles. The van der Waals surface area contributed by atoms with E-state index >= 15 is 0 Å².